The van der Waals surface area contributed by atoms with Crippen LogP contribution in [0.15, 0.2) is 24.3 Å². The smallest absolute Gasteiger partial charge is 0.407 e. The summed E-state index contributed by atoms with van der Waals surface area (Å²) in [5.74, 6) is -0.0754. The van der Waals surface area contributed by atoms with Crippen molar-refractivity contribution in [3.63, 3.8) is 0 Å². The SMILES string of the molecule is CC(C)(C)OC(=O)NC1CCN(C(=O)c2cccc([Si](C)(C)O)c2)C1. The van der Waals surface area contributed by atoms with E-state index in [4.69, 9.17) is 4.74 Å². The van der Waals surface area contributed by atoms with Crippen molar-refractivity contribution in [3.05, 3.63) is 29.8 Å². The Bertz CT molecular complexity index is 649. The van der Waals surface area contributed by atoms with Crippen LogP contribution in [-0.2, 0) is 4.74 Å². The van der Waals surface area contributed by atoms with Crippen LogP contribution >= 0.6 is 0 Å². The quantitative estimate of drug-likeness (QED) is 0.802. The van der Waals surface area contributed by atoms with Crippen molar-refractivity contribution >= 4 is 25.5 Å². The number of alkyl carbamates (subject to hydrolysis) is 1. The monoisotopic (exact) mass is 364 g/mol. The molecule has 0 spiro atoms. The molecule has 0 radical (unpaired) electrons. The van der Waals surface area contributed by atoms with Crippen LogP contribution in [0.5, 0.6) is 0 Å². The van der Waals surface area contributed by atoms with Gasteiger partial charge >= 0.3 is 6.09 Å². The van der Waals surface area contributed by atoms with Gasteiger partial charge in [-0.2, -0.15) is 0 Å². The van der Waals surface area contributed by atoms with E-state index in [0.29, 0.717) is 25.1 Å². The summed E-state index contributed by atoms with van der Waals surface area (Å²) in [5.41, 5.74) is 0.0321. The van der Waals surface area contributed by atoms with Gasteiger partial charge in [-0.05, 0) is 57.6 Å². The van der Waals surface area contributed by atoms with E-state index < -0.39 is 20.0 Å². The minimum atomic E-state index is -2.45. The Morgan fingerprint density at radius 1 is 1.32 bits per heavy atom. The molecule has 2 N–H and O–H groups in total. The number of hydrogen-bond acceptors (Lipinski definition) is 4. The fourth-order valence-corrected chi connectivity index (χ4v) is 3.76. The Morgan fingerprint density at radius 2 is 2.00 bits per heavy atom. The van der Waals surface area contributed by atoms with Crippen LogP contribution in [0.3, 0.4) is 0 Å². The fourth-order valence-electron chi connectivity index (χ4n) is 2.75. The van der Waals surface area contributed by atoms with Gasteiger partial charge in [0.25, 0.3) is 5.91 Å². The summed E-state index contributed by atoms with van der Waals surface area (Å²) in [7, 11) is -2.45. The summed E-state index contributed by atoms with van der Waals surface area (Å²) < 4.78 is 5.26. The van der Waals surface area contributed by atoms with E-state index in [1.807, 2.05) is 39.9 Å². The summed E-state index contributed by atoms with van der Waals surface area (Å²) >= 11 is 0. The third kappa shape index (κ3) is 5.57. The molecule has 0 aliphatic carbocycles. The highest BCUT2D eigenvalue weighted by Crippen LogP contribution is 2.15. The Labute approximate surface area is 150 Å². The second-order valence-electron chi connectivity index (χ2n) is 8.02. The number of nitrogens with zero attached hydrogens (tertiary/aromatic N) is 1. The lowest BCUT2D eigenvalue weighted by Gasteiger charge is -2.22. The lowest BCUT2D eigenvalue weighted by Crippen LogP contribution is -2.42. The lowest BCUT2D eigenvalue weighted by atomic mass is 10.2. The van der Waals surface area contributed by atoms with Gasteiger partial charge in [0.05, 0.1) is 6.04 Å². The van der Waals surface area contributed by atoms with Gasteiger partial charge in [0.2, 0.25) is 8.32 Å². The average Bonchev–Trinajstić information content (AvgIpc) is 2.92. The van der Waals surface area contributed by atoms with Crippen LogP contribution < -0.4 is 10.5 Å². The molecule has 1 aromatic carbocycles. The summed E-state index contributed by atoms with van der Waals surface area (Å²) in [6, 6.07) is 7.11. The molecule has 2 amide bonds. The predicted molar refractivity (Wildman–Crippen MR) is 99.5 cm³/mol. The van der Waals surface area contributed by atoms with E-state index in [9.17, 15) is 14.4 Å². The van der Waals surface area contributed by atoms with Crippen molar-refractivity contribution in [2.45, 2.75) is 51.9 Å². The van der Waals surface area contributed by atoms with E-state index in [1.165, 1.54) is 0 Å². The molecule has 2 rings (SSSR count). The van der Waals surface area contributed by atoms with Gasteiger partial charge in [-0.1, -0.05) is 12.1 Å². The summed E-state index contributed by atoms with van der Waals surface area (Å²) in [6.07, 6.45) is 0.243. The van der Waals surface area contributed by atoms with E-state index in [2.05, 4.69) is 5.32 Å². The Balaban J connectivity index is 1.98. The number of hydrogen-bond donors (Lipinski definition) is 2. The van der Waals surface area contributed by atoms with Crippen molar-refractivity contribution < 1.29 is 19.1 Å². The van der Waals surface area contributed by atoms with Gasteiger partial charge in [0.1, 0.15) is 5.60 Å². The number of likely N-dealkylation sites (tertiary alicyclic amines) is 1. The Kier molecular flexibility index (Phi) is 5.58. The van der Waals surface area contributed by atoms with Crippen LogP contribution in [0.4, 0.5) is 4.79 Å². The maximum absolute atomic E-state index is 12.7. The van der Waals surface area contributed by atoms with Crippen LogP contribution in [0.1, 0.15) is 37.6 Å². The molecule has 1 heterocycles. The topological polar surface area (TPSA) is 78.9 Å². The van der Waals surface area contributed by atoms with Gasteiger partial charge in [0.15, 0.2) is 0 Å². The largest absolute Gasteiger partial charge is 0.444 e. The molecule has 1 aliphatic rings. The highest BCUT2D eigenvalue weighted by atomic mass is 28.4. The highest BCUT2D eigenvalue weighted by molar-refractivity contribution is 6.83. The molecule has 1 aliphatic heterocycles. The third-order valence-electron chi connectivity index (χ3n) is 4.01. The molecule has 6 nitrogen and oxygen atoms in total. The molecular formula is C18H28N2O4Si. The molecule has 25 heavy (non-hydrogen) atoms. The molecular weight excluding hydrogens is 336 g/mol. The third-order valence-corrected chi connectivity index (χ3v) is 5.74. The molecule has 0 aromatic heterocycles. The molecule has 1 aromatic rings. The normalized spacial score (nSPS) is 18.2. The molecule has 138 valence electrons. The fraction of sp³-hybridized carbons (Fsp3) is 0.556. The van der Waals surface area contributed by atoms with E-state index in [1.54, 1.807) is 23.1 Å². The summed E-state index contributed by atoms with van der Waals surface area (Å²) in [5, 5.41) is 3.65. The first kappa shape index (κ1) is 19.5. The second kappa shape index (κ2) is 7.17. The van der Waals surface area contributed by atoms with Crippen molar-refractivity contribution in [2.75, 3.05) is 13.1 Å². The van der Waals surface area contributed by atoms with Crippen LogP contribution in [0.25, 0.3) is 0 Å². The summed E-state index contributed by atoms with van der Waals surface area (Å²) in [6.45, 7) is 10.1. The zero-order valence-electron chi connectivity index (χ0n) is 15.6. The van der Waals surface area contributed by atoms with E-state index in [-0.39, 0.29) is 11.9 Å². The molecule has 1 unspecified atom stereocenters. The van der Waals surface area contributed by atoms with Crippen LogP contribution in [0, 0.1) is 0 Å². The zero-order valence-corrected chi connectivity index (χ0v) is 16.6. The van der Waals surface area contributed by atoms with Crippen LogP contribution in [-0.4, -0.2) is 54.7 Å². The molecule has 0 saturated carbocycles. The van der Waals surface area contributed by atoms with Crippen LogP contribution in [0.2, 0.25) is 13.1 Å². The Morgan fingerprint density at radius 3 is 2.60 bits per heavy atom. The number of nitrogens with one attached hydrogen (secondary N) is 1. The van der Waals surface area contributed by atoms with Gasteiger partial charge in [-0.25, -0.2) is 4.79 Å². The van der Waals surface area contributed by atoms with Gasteiger partial charge in [-0.15, -0.1) is 0 Å². The maximum atomic E-state index is 12.7. The number of benzene rings is 1. The average molecular weight is 365 g/mol. The molecule has 0 bridgehead atoms. The minimum Gasteiger partial charge on any atom is -0.444 e. The van der Waals surface area contributed by atoms with Crippen molar-refractivity contribution in [3.8, 4) is 0 Å². The van der Waals surface area contributed by atoms with E-state index >= 15 is 0 Å². The van der Waals surface area contributed by atoms with Gasteiger partial charge < -0.3 is 19.7 Å². The first-order valence-corrected chi connectivity index (χ1v) is 11.5. The van der Waals surface area contributed by atoms with Gasteiger partial charge in [0, 0.05) is 18.7 Å². The standard InChI is InChI=1S/C18H28N2O4Si/c1-18(2,3)24-17(22)19-14-9-10-20(12-14)16(21)13-7-6-8-15(11-13)25(4,5)23/h6-8,11,14,23H,9-10,12H2,1-5H3,(H,19,22). The number of carbonyl (C=O) groups excluding carboxylic acids is 2. The van der Waals surface area contributed by atoms with Crippen molar-refractivity contribution in [1.82, 2.24) is 10.2 Å². The number of ether oxygens (including phenoxy) is 1. The minimum absolute atomic E-state index is 0.0754. The van der Waals surface area contributed by atoms with E-state index in [0.717, 1.165) is 5.19 Å². The van der Waals surface area contributed by atoms with Crippen molar-refractivity contribution in [1.29, 1.82) is 0 Å². The molecule has 1 fully saturated rings. The highest BCUT2D eigenvalue weighted by Gasteiger charge is 2.30. The number of rotatable bonds is 3. The lowest BCUT2D eigenvalue weighted by molar-refractivity contribution is 0.0502. The molecule has 7 heteroatoms. The van der Waals surface area contributed by atoms with Crippen molar-refractivity contribution in [2.24, 2.45) is 0 Å². The summed E-state index contributed by atoms with van der Waals surface area (Å²) in [4.78, 5) is 36.5. The Hall–Kier alpha value is -1.86. The molecule has 1 saturated heterocycles. The first-order valence-electron chi connectivity index (χ1n) is 8.57. The first-order chi connectivity index (χ1) is 11.5. The second-order valence-corrected chi connectivity index (χ2v) is 11.7. The zero-order chi connectivity index (χ0) is 18.8. The maximum Gasteiger partial charge on any atom is 0.407 e. The molecule has 1 atom stereocenters. The number of amides is 2. The van der Waals surface area contributed by atoms with Gasteiger partial charge in [-0.3, -0.25) is 4.79 Å². The predicted octanol–water partition coefficient (Wildman–Crippen LogP) is 1.83. The number of carbonyl (C=O) groups is 2.